The molecule has 2 aromatic heterocycles. The van der Waals surface area contributed by atoms with Crippen molar-refractivity contribution in [1.29, 1.82) is 0 Å². The van der Waals surface area contributed by atoms with E-state index in [0.717, 1.165) is 20.5 Å². The highest BCUT2D eigenvalue weighted by molar-refractivity contribution is 14.1. The van der Waals surface area contributed by atoms with Crippen molar-refractivity contribution < 1.29 is 4.92 Å². The first-order valence-corrected chi connectivity index (χ1v) is 7.02. The minimum Gasteiger partial charge on any atom is -0.305 e. The molecule has 3 aromatic rings. The van der Waals surface area contributed by atoms with Crippen molar-refractivity contribution >= 4 is 33.9 Å². The van der Waals surface area contributed by atoms with E-state index in [-0.39, 0.29) is 10.6 Å². The molecule has 5 nitrogen and oxygen atoms in total. The van der Waals surface area contributed by atoms with Crippen molar-refractivity contribution in [3.05, 3.63) is 62.0 Å². The Morgan fingerprint density at radius 2 is 2.05 bits per heavy atom. The average molecular weight is 379 g/mol. The molecule has 100 valence electrons. The molecule has 0 bridgehead atoms. The number of nitrogens with zero attached hydrogens (tertiary/aromatic N) is 3. The van der Waals surface area contributed by atoms with Gasteiger partial charge < -0.3 is 4.40 Å². The lowest BCUT2D eigenvalue weighted by molar-refractivity contribution is -0.385. The number of pyridine rings is 1. The number of rotatable bonds is 2. The Balaban J connectivity index is 2.15. The third-order valence-electron chi connectivity index (χ3n) is 3.12. The van der Waals surface area contributed by atoms with Crippen LogP contribution in [0.25, 0.3) is 16.9 Å². The number of hydrogen-bond donors (Lipinski definition) is 0. The minimum absolute atomic E-state index is 0.120. The molecule has 0 saturated heterocycles. The Labute approximate surface area is 128 Å². The number of imidazole rings is 1. The quantitative estimate of drug-likeness (QED) is 0.386. The van der Waals surface area contributed by atoms with Gasteiger partial charge in [0.2, 0.25) is 0 Å². The number of nitro benzene ring substituents is 1. The molecule has 6 heteroatoms. The molecular formula is C14H10IN3O2. The summed E-state index contributed by atoms with van der Waals surface area (Å²) in [7, 11) is 0. The number of benzene rings is 1. The topological polar surface area (TPSA) is 60.4 Å². The Bertz CT molecular complexity index is 826. The molecule has 20 heavy (non-hydrogen) atoms. The number of halogens is 1. The second kappa shape index (κ2) is 4.86. The van der Waals surface area contributed by atoms with E-state index in [1.807, 2.05) is 35.0 Å². The first-order chi connectivity index (χ1) is 9.54. The number of aromatic nitrogens is 2. The standard InChI is InChI=1S/C14H10IN3O2/c1-9-2-3-10(6-13(9)18(19)20)12-8-17-7-11(15)4-5-14(17)16-12/h2-8H,1H3. The van der Waals surface area contributed by atoms with Gasteiger partial charge in [-0.05, 0) is 41.6 Å². The number of fused-ring (bicyclic) bond motifs is 1. The molecule has 3 rings (SSSR count). The Morgan fingerprint density at radius 3 is 2.80 bits per heavy atom. The van der Waals surface area contributed by atoms with Crippen molar-refractivity contribution in [2.75, 3.05) is 0 Å². The van der Waals surface area contributed by atoms with Crippen LogP contribution in [0.2, 0.25) is 0 Å². The minimum atomic E-state index is -0.364. The zero-order chi connectivity index (χ0) is 14.3. The van der Waals surface area contributed by atoms with Crippen molar-refractivity contribution in [3.8, 4) is 11.3 Å². The molecule has 0 saturated carbocycles. The summed E-state index contributed by atoms with van der Waals surface area (Å²) in [5, 5.41) is 11.0. The average Bonchev–Trinajstić information content (AvgIpc) is 2.81. The second-order valence-electron chi connectivity index (χ2n) is 4.50. The zero-order valence-electron chi connectivity index (χ0n) is 10.6. The fourth-order valence-corrected chi connectivity index (χ4v) is 2.55. The molecule has 0 aliphatic heterocycles. The highest BCUT2D eigenvalue weighted by Gasteiger charge is 2.13. The van der Waals surface area contributed by atoms with Crippen molar-refractivity contribution in [1.82, 2.24) is 9.38 Å². The summed E-state index contributed by atoms with van der Waals surface area (Å²) < 4.78 is 3.02. The van der Waals surface area contributed by atoms with Crippen LogP contribution in [0.4, 0.5) is 5.69 Å². The molecular weight excluding hydrogens is 369 g/mol. The van der Waals surface area contributed by atoms with E-state index in [4.69, 9.17) is 0 Å². The fourth-order valence-electron chi connectivity index (χ4n) is 2.07. The predicted molar refractivity (Wildman–Crippen MR) is 84.7 cm³/mol. The fraction of sp³-hybridized carbons (Fsp3) is 0.0714. The van der Waals surface area contributed by atoms with Crippen molar-refractivity contribution in [2.24, 2.45) is 0 Å². The highest BCUT2D eigenvalue weighted by atomic mass is 127. The van der Waals surface area contributed by atoms with Crippen LogP contribution < -0.4 is 0 Å². The van der Waals surface area contributed by atoms with E-state index in [9.17, 15) is 10.1 Å². The predicted octanol–water partition coefficient (Wildman–Crippen LogP) is 3.82. The van der Waals surface area contributed by atoms with Crippen LogP contribution in [0.1, 0.15) is 5.56 Å². The monoisotopic (exact) mass is 379 g/mol. The molecule has 0 spiro atoms. The van der Waals surface area contributed by atoms with Crippen LogP contribution in [0.3, 0.4) is 0 Å². The molecule has 0 atom stereocenters. The van der Waals surface area contributed by atoms with Crippen LogP contribution in [0, 0.1) is 20.6 Å². The van der Waals surface area contributed by atoms with Gasteiger partial charge in [-0.1, -0.05) is 12.1 Å². The van der Waals surface area contributed by atoms with Crippen molar-refractivity contribution in [3.63, 3.8) is 0 Å². The first-order valence-electron chi connectivity index (χ1n) is 5.94. The lowest BCUT2D eigenvalue weighted by atomic mass is 10.1. The summed E-state index contributed by atoms with van der Waals surface area (Å²) in [5.74, 6) is 0. The number of nitro groups is 1. The summed E-state index contributed by atoms with van der Waals surface area (Å²) >= 11 is 2.23. The zero-order valence-corrected chi connectivity index (χ0v) is 12.7. The molecule has 1 aromatic carbocycles. The third kappa shape index (κ3) is 2.26. The maximum atomic E-state index is 11.0. The maximum Gasteiger partial charge on any atom is 0.272 e. The van der Waals surface area contributed by atoms with Gasteiger partial charge in [-0.25, -0.2) is 4.98 Å². The summed E-state index contributed by atoms with van der Waals surface area (Å²) in [5.41, 5.74) is 3.07. The largest absolute Gasteiger partial charge is 0.305 e. The molecule has 2 heterocycles. The molecule has 0 amide bonds. The number of aryl methyl sites for hydroxylation is 1. The van der Waals surface area contributed by atoms with E-state index >= 15 is 0 Å². The Kier molecular flexibility index (Phi) is 3.17. The van der Waals surface area contributed by atoms with Crippen LogP contribution in [-0.4, -0.2) is 14.3 Å². The van der Waals surface area contributed by atoms with Gasteiger partial charge in [0.05, 0.1) is 10.6 Å². The summed E-state index contributed by atoms with van der Waals surface area (Å²) in [6.07, 6.45) is 3.85. The van der Waals surface area contributed by atoms with Gasteiger partial charge >= 0.3 is 0 Å². The normalized spacial score (nSPS) is 10.9. The smallest absolute Gasteiger partial charge is 0.272 e. The molecule has 0 radical (unpaired) electrons. The maximum absolute atomic E-state index is 11.0. The van der Waals surface area contributed by atoms with Gasteiger partial charge in [0, 0.05) is 33.2 Å². The van der Waals surface area contributed by atoms with Gasteiger partial charge in [0.25, 0.3) is 5.69 Å². The van der Waals surface area contributed by atoms with E-state index in [0.29, 0.717) is 5.56 Å². The van der Waals surface area contributed by atoms with Crippen LogP contribution in [-0.2, 0) is 0 Å². The van der Waals surface area contributed by atoms with Gasteiger partial charge in [0.1, 0.15) is 5.65 Å². The van der Waals surface area contributed by atoms with Crippen molar-refractivity contribution in [2.45, 2.75) is 6.92 Å². The summed E-state index contributed by atoms with van der Waals surface area (Å²) in [6, 6.07) is 9.08. The van der Waals surface area contributed by atoms with Crippen LogP contribution in [0.15, 0.2) is 42.7 Å². The molecule has 0 unspecified atom stereocenters. The number of hydrogen-bond acceptors (Lipinski definition) is 3. The molecule has 0 aliphatic rings. The Hall–Kier alpha value is -1.96. The van der Waals surface area contributed by atoms with Gasteiger partial charge in [-0.15, -0.1) is 0 Å². The van der Waals surface area contributed by atoms with Gasteiger partial charge in [-0.2, -0.15) is 0 Å². The van der Waals surface area contributed by atoms with Gasteiger partial charge in [-0.3, -0.25) is 10.1 Å². The van der Waals surface area contributed by atoms with E-state index in [2.05, 4.69) is 27.6 Å². The first kappa shape index (κ1) is 13.0. The lowest BCUT2D eigenvalue weighted by Gasteiger charge is -1.99. The molecule has 0 aliphatic carbocycles. The molecule has 0 N–H and O–H groups in total. The van der Waals surface area contributed by atoms with E-state index < -0.39 is 0 Å². The lowest BCUT2D eigenvalue weighted by Crippen LogP contribution is -1.92. The summed E-state index contributed by atoms with van der Waals surface area (Å²) in [6.45, 7) is 1.73. The summed E-state index contributed by atoms with van der Waals surface area (Å²) in [4.78, 5) is 15.1. The highest BCUT2D eigenvalue weighted by Crippen LogP contribution is 2.26. The van der Waals surface area contributed by atoms with Gasteiger partial charge in [0.15, 0.2) is 0 Å². The van der Waals surface area contributed by atoms with Crippen LogP contribution >= 0.6 is 22.6 Å². The molecule has 0 fully saturated rings. The van der Waals surface area contributed by atoms with Crippen LogP contribution in [0.5, 0.6) is 0 Å². The third-order valence-corrected chi connectivity index (χ3v) is 3.75. The van der Waals surface area contributed by atoms with E-state index in [1.165, 1.54) is 0 Å². The SMILES string of the molecule is Cc1ccc(-c2cn3cc(I)ccc3n2)cc1[N+](=O)[O-]. The van der Waals surface area contributed by atoms with E-state index in [1.54, 1.807) is 19.1 Å². The second-order valence-corrected chi connectivity index (χ2v) is 5.74. The Morgan fingerprint density at radius 1 is 1.25 bits per heavy atom.